The maximum atomic E-state index is 12.9. The third kappa shape index (κ3) is 6.08. The third-order valence-corrected chi connectivity index (χ3v) is 5.93. The number of benzene rings is 4. The first-order valence-corrected chi connectivity index (χ1v) is 12.4. The van der Waals surface area contributed by atoms with E-state index in [1.165, 1.54) is 11.1 Å². The summed E-state index contributed by atoms with van der Waals surface area (Å²) in [6.07, 6.45) is 4.03. The molecule has 4 nitrogen and oxygen atoms in total. The second-order valence-corrected chi connectivity index (χ2v) is 8.67. The molecule has 0 saturated carbocycles. The molecule has 0 aliphatic carbocycles. The van der Waals surface area contributed by atoms with Crippen molar-refractivity contribution < 1.29 is 19.1 Å². The van der Waals surface area contributed by atoms with Gasteiger partial charge in [0, 0.05) is 11.1 Å². The highest BCUT2D eigenvalue weighted by Crippen LogP contribution is 2.37. The van der Waals surface area contributed by atoms with Crippen LogP contribution >= 0.6 is 0 Å². The van der Waals surface area contributed by atoms with Gasteiger partial charge in [-0.05, 0) is 60.4 Å². The highest BCUT2D eigenvalue weighted by atomic mass is 16.5. The molecule has 0 unspecified atom stereocenters. The fourth-order valence-corrected chi connectivity index (χ4v) is 4.07. The molecule has 0 radical (unpaired) electrons. The molecule has 0 bridgehead atoms. The number of hydrogen-bond donors (Lipinski definition) is 0. The minimum atomic E-state index is -0.438. The second-order valence-electron chi connectivity index (χ2n) is 8.67. The summed E-state index contributed by atoms with van der Waals surface area (Å²) >= 11 is 0. The van der Waals surface area contributed by atoms with Crippen LogP contribution in [-0.4, -0.2) is 11.9 Å². The average molecular weight is 479 g/mol. The van der Waals surface area contributed by atoms with Gasteiger partial charge in [0.2, 0.25) is 0 Å². The van der Waals surface area contributed by atoms with Crippen molar-refractivity contribution in [1.82, 2.24) is 0 Å². The van der Waals surface area contributed by atoms with Gasteiger partial charge in [-0.15, -0.1) is 0 Å². The predicted molar refractivity (Wildman–Crippen MR) is 143 cm³/mol. The van der Waals surface area contributed by atoms with Gasteiger partial charge < -0.3 is 9.47 Å². The second kappa shape index (κ2) is 12.0. The Morgan fingerprint density at radius 1 is 0.528 bits per heavy atom. The Balaban J connectivity index is 1.56. The fraction of sp³-hybridized carbons (Fsp3) is 0.188. The van der Waals surface area contributed by atoms with E-state index in [2.05, 4.69) is 13.8 Å². The number of aryl methyl sites for hydroxylation is 2. The van der Waals surface area contributed by atoms with Crippen LogP contribution in [0.25, 0.3) is 11.1 Å². The molecule has 4 heteroatoms. The molecule has 0 fully saturated rings. The summed E-state index contributed by atoms with van der Waals surface area (Å²) in [7, 11) is 0. The predicted octanol–water partition coefficient (Wildman–Crippen LogP) is 7.70. The molecule has 182 valence electrons. The van der Waals surface area contributed by atoms with Gasteiger partial charge in [0.15, 0.2) is 0 Å². The summed E-state index contributed by atoms with van der Waals surface area (Å²) in [4.78, 5) is 25.8. The molecule has 0 aliphatic heterocycles. The molecule has 4 aromatic rings. The topological polar surface area (TPSA) is 52.6 Å². The summed E-state index contributed by atoms with van der Waals surface area (Å²) in [5.41, 5.74) is 4.66. The number of carbonyl (C=O) groups is 2. The summed E-state index contributed by atoms with van der Waals surface area (Å²) in [5.74, 6) is -0.0839. The van der Waals surface area contributed by atoms with Gasteiger partial charge in [0.05, 0.1) is 11.1 Å². The first kappa shape index (κ1) is 24.9. The van der Waals surface area contributed by atoms with E-state index in [9.17, 15) is 9.59 Å². The third-order valence-electron chi connectivity index (χ3n) is 5.93. The zero-order chi connectivity index (χ0) is 25.3. The summed E-state index contributed by atoms with van der Waals surface area (Å²) < 4.78 is 11.6. The standard InChI is InChI=1S/C32H30O4/c1-3-9-23-15-19-25(20-16-23)31(33)35-29-13-7-5-11-27(29)28-12-6-8-14-30(28)36-32(34)26-21-17-24(10-4-2)18-22-26/h5-8,11-22H,3-4,9-10H2,1-2H3. The Morgan fingerprint density at radius 2 is 0.889 bits per heavy atom. The molecule has 4 rings (SSSR count). The van der Waals surface area contributed by atoms with Crippen LogP contribution in [0.1, 0.15) is 58.5 Å². The quantitative estimate of drug-likeness (QED) is 0.183. The molecule has 0 atom stereocenters. The van der Waals surface area contributed by atoms with Crippen LogP contribution in [0.3, 0.4) is 0 Å². The summed E-state index contributed by atoms with van der Waals surface area (Å²) in [5, 5.41) is 0. The zero-order valence-electron chi connectivity index (χ0n) is 20.7. The molecule has 0 heterocycles. The molecular weight excluding hydrogens is 448 g/mol. The lowest BCUT2D eigenvalue weighted by Gasteiger charge is -2.14. The van der Waals surface area contributed by atoms with Crippen LogP contribution in [-0.2, 0) is 12.8 Å². The number of para-hydroxylation sites is 2. The molecule has 0 saturated heterocycles. The van der Waals surface area contributed by atoms with Crippen LogP contribution in [0.5, 0.6) is 11.5 Å². The van der Waals surface area contributed by atoms with E-state index in [1.807, 2.05) is 60.7 Å². The molecular formula is C32H30O4. The number of ether oxygens (including phenoxy) is 2. The van der Waals surface area contributed by atoms with Crippen molar-refractivity contribution in [2.75, 3.05) is 0 Å². The van der Waals surface area contributed by atoms with Crippen molar-refractivity contribution >= 4 is 11.9 Å². The molecule has 4 aromatic carbocycles. The zero-order valence-corrected chi connectivity index (χ0v) is 20.7. The Hall–Kier alpha value is -4.18. The van der Waals surface area contributed by atoms with E-state index < -0.39 is 11.9 Å². The lowest BCUT2D eigenvalue weighted by Crippen LogP contribution is -2.10. The van der Waals surface area contributed by atoms with Crippen molar-refractivity contribution in [2.45, 2.75) is 39.5 Å². The highest BCUT2D eigenvalue weighted by Gasteiger charge is 2.17. The van der Waals surface area contributed by atoms with Gasteiger partial charge in [-0.3, -0.25) is 0 Å². The number of carbonyl (C=O) groups excluding carboxylic acids is 2. The maximum absolute atomic E-state index is 12.9. The Kier molecular flexibility index (Phi) is 8.30. The minimum Gasteiger partial charge on any atom is -0.422 e. The van der Waals surface area contributed by atoms with Crippen molar-refractivity contribution in [1.29, 1.82) is 0 Å². The summed E-state index contributed by atoms with van der Waals surface area (Å²) in [6.45, 7) is 4.24. The molecule has 0 spiro atoms. The first-order chi connectivity index (χ1) is 17.6. The lowest BCUT2D eigenvalue weighted by molar-refractivity contribution is 0.0723. The van der Waals surface area contributed by atoms with E-state index in [1.54, 1.807) is 36.4 Å². The molecule has 0 aliphatic rings. The maximum Gasteiger partial charge on any atom is 0.343 e. The van der Waals surface area contributed by atoms with Gasteiger partial charge in [-0.2, -0.15) is 0 Å². The van der Waals surface area contributed by atoms with Gasteiger partial charge in [-0.25, -0.2) is 9.59 Å². The van der Waals surface area contributed by atoms with Gasteiger partial charge in [0.1, 0.15) is 11.5 Å². The lowest BCUT2D eigenvalue weighted by atomic mass is 10.0. The molecule has 0 N–H and O–H groups in total. The molecule has 36 heavy (non-hydrogen) atoms. The van der Waals surface area contributed by atoms with Gasteiger partial charge >= 0.3 is 11.9 Å². The number of rotatable bonds is 9. The smallest absolute Gasteiger partial charge is 0.343 e. The van der Waals surface area contributed by atoms with Crippen LogP contribution in [0.2, 0.25) is 0 Å². The van der Waals surface area contributed by atoms with E-state index in [0.717, 1.165) is 25.7 Å². The minimum absolute atomic E-state index is 0.396. The van der Waals surface area contributed by atoms with E-state index in [0.29, 0.717) is 33.8 Å². The van der Waals surface area contributed by atoms with Gasteiger partial charge in [0.25, 0.3) is 0 Å². The van der Waals surface area contributed by atoms with E-state index in [4.69, 9.17) is 9.47 Å². The van der Waals surface area contributed by atoms with Crippen molar-refractivity contribution in [2.24, 2.45) is 0 Å². The van der Waals surface area contributed by atoms with Crippen molar-refractivity contribution in [3.63, 3.8) is 0 Å². The Labute approximate surface area is 212 Å². The largest absolute Gasteiger partial charge is 0.422 e. The fourth-order valence-electron chi connectivity index (χ4n) is 4.07. The molecule has 0 amide bonds. The van der Waals surface area contributed by atoms with Crippen LogP contribution in [0.15, 0.2) is 97.1 Å². The van der Waals surface area contributed by atoms with Crippen molar-refractivity contribution in [3.8, 4) is 22.6 Å². The number of hydrogen-bond acceptors (Lipinski definition) is 4. The van der Waals surface area contributed by atoms with Crippen LogP contribution in [0, 0.1) is 0 Å². The van der Waals surface area contributed by atoms with Crippen molar-refractivity contribution in [3.05, 3.63) is 119 Å². The first-order valence-electron chi connectivity index (χ1n) is 12.4. The average Bonchev–Trinajstić information content (AvgIpc) is 2.90. The SMILES string of the molecule is CCCc1ccc(C(=O)Oc2ccccc2-c2ccccc2OC(=O)c2ccc(CCC)cc2)cc1. The Bertz CT molecular complexity index is 1220. The normalized spacial score (nSPS) is 10.6. The highest BCUT2D eigenvalue weighted by molar-refractivity contribution is 5.94. The molecule has 0 aromatic heterocycles. The van der Waals surface area contributed by atoms with E-state index >= 15 is 0 Å². The van der Waals surface area contributed by atoms with Crippen LogP contribution in [0.4, 0.5) is 0 Å². The summed E-state index contributed by atoms with van der Waals surface area (Å²) in [6, 6.07) is 29.5. The number of esters is 2. The Morgan fingerprint density at radius 3 is 1.25 bits per heavy atom. The van der Waals surface area contributed by atoms with E-state index in [-0.39, 0.29) is 0 Å². The van der Waals surface area contributed by atoms with Crippen LogP contribution < -0.4 is 9.47 Å². The van der Waals surface area contributed by atoms with Gasteiger partial charge in [-0.1, -0.05) is 87.4 Å². The monoisotopic (exact) mass is 478 g/mol.